The normalized spacial score (nSPS) is 9.19. The summed E-state index contributed by atoms with van der Waals surface area (Å²) in [5.41, 5.74) is 2.83. The van der Waals surface area contributed by atoms with Crippen LogP contribution in [-0.4, -0.2) is 0 Å². The molecule has 0 radical (unpaired) electrons. The van der Waals surface area contributed by atoms with Crippen molar-refractivity contribution < 1.29 is 0 Å². The molecular formula is C13H11N3. The van der Waals surface area contributed by atoms with Gasteiger partial charge in [0.15, 0.2) is 6.19 Å². The van der Waals surface area contributed by atoms with E-state index in [0.29, 0.717) is 0 Å². The monoisotopic (exact) mass is 209 g/mol. The van der Waals surface area contributed by atoms with E-state index < -0.39 is 0 Å². The third-order valence-electron chi connectivity index (χ3n) is 2.15. The lowest BCUT2D eigenvalue weighted by Crippen LogP contribution is -1.91. The smallest absolute Gasteiger partial charge is 0.181 e. The SMILES string of the molecule is N#CNc1ccc(Nc2ccccc2)cc1. The summed E-state index contributed by atoms with van der Waals surface area (Å²) >= 11 is 0. The van der Waals surface area contributed by atoms with Crippen LogP contribution in [0.1, 0.15) is 0 Å². The molecule has 0 aliphatic carbocycles. The number of nitriles is 1. The van der Waals surface area contributed by atoms with Gasteiger partial charge in [0.2, 0.25) is 0 Å². The molecule has 0 spiro atoms. The highest BCUT2D eigenvalue weighted by Crippen LogP contribution is 2.18. The minimum absolute atomic E-state index is 0.793. The molecule has 0 aliphatic rings. The second-order valence-electron chi connectivity index (χ2n) is 3.31. The zero-order valence-electron chi connectivity index (χ0n) is 8.64. The van der Waals surface area contributed by atoms with Gasteiger partial charge in [-0.15, -0.1) is 0 Å². The van der Waals surface area contributed by atoms with Crippen molar-refractivity contribution in [2.45, 2.75) is 0 Å². The lowest BCUT2D eigenvalue weighted by Gasteiger charge is -2.06. The van der Waals surface area contributed by atoms with Crippen LogP contribution in [0.4, 0.5) is 17.1 Å². The van der Waals surface area contributed by atoms with E-state index >= 15 is 0 Å². The summed E-state index contributed by atoms with van der Waals surface area (Å²) in [5, 5.41) is 14.3. The highest BCUT2D eigenvalue weighted by molar-refractivity contribution is 5.62. The largest absolute Gasteiger partial charge is 0.356 e. The average molecular weight is 209 g/mol. The van der Waals surface area contributed by atoms with Crippen LogP contribution in [0, 0.1) is 11.5 Å². The molecular weight excluding hydrogens is 198 g/mol. The van der Waals surface area contributed by atoms with E-state index in [1.165, 1.54) is 0 Å². The number of nitrogens with one attached hydrogen (secondary N) is 2. The zero-order valence-corrected chi connectivity index (χ0v) is 8.64. The van der Waals surface area contributed by atoms with Crippen molar-refractivity contribution in [2.75, 3.05) is 10.6 Å². The van der Waals surface area contributed by atoms with Gasteiger partial charge in [-0.1, -0.05) is 18.2 Å². The second-order valence-corrected chi connectivity index (χ2v) is 3.31. The summed E-state index contributed by atoms with van der Waals surface area (Å²) in [6, 6.07) is 17.5. The van der Waals surface area contributed by atoms with Crippen LogP contribution < -0.4 is 10.6 Å². The molecule has 0 amide bonds. The molecule has 2 rings (SSSR count). The number of anilines is 3. The summed E-state index contributed by atoms with van der Waals surface area (Å²) in [6.45, 7) is 0. The highest BCUT2D eigenvalue weighted by atomic mass is 14.9. The van der Waals surface area contributed by atoms with Crippen molar-refractivity contribution >= 4 is 17.1 Å². The standard InChI is InChI=1S/C13H11N3/c14-10-15-11-6-8-13(9-7-11)16-12-4-2-1-3-5-12/h1-9,15-16H. The molecule has 0 unspecified atom stereocenters. The fourth-order valence-corrected chi connectivity index (χ4v) is 1.39. The molecule has 2 aromatic rings. The predicted molar refractivity (Wildman–Crippen MR) is 65.4 cm³/mol. The molecule has 3 nitrogen and oxygen atoms in total. The van der Waals surface area contributed by atoms with Gasteiger partial charge in [0.05, 0.1) is 0 Å². The van der Waals surface area contributed by atoms with Gasteiger partial charge in [0, 0.05) is 17.1 Å². The molecule has 0 bridgehead atoms. The molecule has 0 aliphatic heterocycles. The third kappa shape index (κ3) is 2.52. The van der Waals surface area contributed by atoms with Gasteiger partial charge in [-0.3, -0.25) is 5.32 Å². The van der Waals surface area contributed by atoms with Crippen LogP contribution in [0.5, 0.6) is 0 Å². The average Bonchev–Trinajstić information content (AvgIpc) is 2.33. The molecule has 2 N–H and O–H groups in total. The Morgan fingerprint density at radius 2 is 1.31 bits per heavy atom. The van der Waals surface area contributed by atoms with E-state index in [4.69, 9.17) is 5.26 Å². The second kappa shape index (κ2) is 4.85. The third-order valence-corrected chi connectivity index (χ3v) is 2.15. The van der Waals surface area contributed by atoms with E-state index in [-0.39, 0.29) is 0 Å². The van der Waals surface area contributed by atoms with E-state index in [1.54, 1.807) is 0 Å². The zero-order chi connectivity index (χ0) is 11.2. The Hall–Kier alpha value is -2.47. The molecule has 0 saturated carbocycles. The number of para-hydroxylation sites is 1. The van der Waals surface area contributed by atoms with Crippen LogP contribution in [0.25, 0.3) is 0 Å². The first kappa shape index (κ1) is 10.1. The van der Waals surface area contributed by atoms with Gasteiger partial charge in [-0.25, -0.2) is 0 Å². The summed E-state index contributed by atoms with van der Waals surface area (Å²) in [4.78, 5) is 0. The van der Waals surface area contributed by atoms with Gasteiger partial charge in [0.25, 0.3) is 0 Å². The lowest BCUT2D eigenvalue weighted by atomic mass is 10.2. The van der Waals surface area contributed by atoms with Gasteiger partial charge in [-0.05, 0) is 36.4 Å². The van der Waals surface area contributed by atoms with E-state index in [9.17, 15) is 0 Å². The molecule has 16 heavy (non-hydrogen) atoms. The summed E-state index contributed by atoms with van der Waals surface area (Å²) in [6.07, 6.45) is 1.88. The maximum absolute atomic E-state index is 8.45. The molecule has 78 valence electrons. The first-order valence-corrected chi connectivity index (χ1v) is 4.96. The van der Waals surface area contributed by atoms with Crippen molar-refractivity contribution in [3.8, 4) is 6.19 Å². The maximum atomic E-state index is 8.45. The minimum atomic E-state index is 0.793. The number of benzene rings is 2. The molecule has 0 atom stereocenters. The van der Waals surface area contributed by atoms with Gasteiger partial charge >= 0.3 is 0 Å². The van der Waals surface area contributed by atoms with Crippen molar-refractivity contribution in [1.82, 2.24) is 0 Å². The molecule has 0 saturated heterocycles. The van der Waals surface area contributed by atoms with Crippen molar-refractivity contribution in [3.05, 3.63) is 54.6 Å². The Morgan fingerprint density at radius 1 is 0.750 bits per heavy atom. The fourth-order valence-electron chi connectivity index (χ4n) is 1.39. The maximum Gasteiger partial charge on any atom is 0.181 e. The molecule has 3 heteroatoms. The van der Waals surface area contributed by atoms with Crippen LogP contribution in [-0.2, 0) is 0 Å². The number of hydrogen-bond acceptors (Lipinski definition) is 3. The molecule has 0 heterocycles. The lowest BCUT2D eigenvalue weighted by molar-refractivity contribution is 1.46. The van der Waals surface area contributed by atoms with Crippen molar-refractivity contribution in [2.24, 2.45) is 0 Å². The summed E-state index contributed by atoms with van der Waals surface area (Å²) in [7, 11) is 0. The Balaban J connectivity index is 2.09. The number of nitrogens with zero attached hydrogens (tertiary/aromatic N) is 1. The Morgan fingerprint density at radius 3 is 1.94 bits per heavy atom. The first-order valence-electron chi connectivity index (χ1n) is 4.96. The Bertz CT molecular complexity index is 483. The first-order chi connectivity index (χ1) is 7.88. The predicted octanol–water partition coefficient (Wildman–Crippen LogP) is 3.32. The fraction of sp³-hybridized carbons (Fsp3) is 0. The number of hydrogen-bond donors (Lipinski definition) is 2. The van der Waals surface area contributed by atoms with E-state index in [2.05, 4.69) is 10.6 Å². The highest BCUT2D eigenvalue weighted by Gasteiger charge is 1.94. The summed E-state index contributed by atoms with van der Waals surface area (Å²) in [5.74, 6) is 0. The van der Waals surface area contributed by atoms with Crippen LogP contribution in [0.2, 0.25) is 0 Å². The van der Waals surface area contributed by atoms with Crippen LogP contribution >= 0.6 is 0 Å². The van der Waals surface area contributed by atoms with Gasteiger partial charge in [0.1, 0.15) is 0 Å². The van der Waals surface area contributed by atoms with Crippen LogP contribution in [0.15, 0.2) is 54.6 Å². The molecule has 0 aromatic heterocycles. The minimum Gasteiger partial charge on any atom is -0.356 e. The summed E-state index contributed by atoms with van der Waals surface area (Å²) < 4.78 is 0. The van der Waals surface area contributed by atoms with Crippen molar-refractivity contribution in [3.63, 3.8) is 0 Å². The Kier molecular flexibility index (Phi) is 3.05. The van der Waals surface area contributed by atoms with Crippen molar-refractivity contribution in [1.29, 1.82) is 5.26 Å². The Labute approximate surface area is 94.3 Å². The number of rotatable bonds is 3. The molecule has 0 fully saturated rings. The van der Waals surface area contributed by atoms with E-state index in [1.807, 2.05) is 60.8 Å². The quantitative estimate of drug-likeness (QED) is 0.602. The van der Waals surface area contributed by atoms with Gasteiger partial charge in [-0.2, -0.15) is 5.26 Å². The van der Waals surface area contributed by atoms with E-state index in [0.717, 1.165) is 17.1 Å². The van der Waals surface area contributed by atoms with Crippen LogP contribution in [0.3, 0.4) is 0 Å². The van der Waals surface area contributed by atoms with Gasteiger partial charge < -0.3 is 5.32 Å². The molecule has 2 aromatic carbocycles. The topological polar surface area (TPSA) is 47.9 Å².